The van der Waals surface area contributed by atoms with Crippen molar-refractivity contribution in [1.29, 1.82) is 0 Å². The Morgan fingerprint density at radius 2 is 1.88 bits per heavy atom. The second-order valence-corrected chi connectivity index (χ2v) is 10.5. The van der Waals surface area contributed by atoms with Gasteiger partial charge in [0.2, 0.25) is 5.88 Å². The summed E-state index contributed by atoms with van der Waals surface area (Å²) in [5.41, 5.74) is 2.86. The topological polar surface area (TPSA) is 120 Å². The number of ether oxygens (including phenoxy) is 3. The molecule has 0 fully saturated rings. The predicted molar refractivity (Wildman–Crippen MR) is 155 cm³/mol. The van der Waals surface area contributed by atoms with Crippen LogP contribution in [0.25, 0.3) is 10.9 Å². The first kappa shape index (κ1) is 28.5. The van der Waals surface area contributed by atoms with E-state index in [9.17, 15) is 9.90 Å². The Kier molecular flexibility index (Phi) is 8.67. The molecule has 2 aromatic heterocycles. The van der Waals surface area contributed by atoms with Crippen LogP contribution in [0.15, 0.2) is 48.7 Å². The van der Waals surface area contributed by atoms with Gasteiger partial charge in [-0.3, -0.25) is 0 Å². The number of hydrogen-bond acceptors (Lipinski definition) is 8. The first-order chi connectivity index (χ1) is 19.1. The number of carbonyl (C=O) groups is 1. The molecular weight excluding hydrogens is 510 g/mol. The minimum atomic E-state index is -0.556. The number of fused-ring (bicyclic) bond motifs is 1. The van der Waals surface area contributed by atoms with Gasteiger partial charge in [-0.2, -0.15) is 0 Å². The van der Waals surface area contributed by atoms with Crippen LogP contribution in [-0.4, -0.2) is 52.1 Å². The second-order valence-electron chi connectivity index (χ2n) is 10.5. The minimum absolute atomic E-state index is 0.0427. The maximum Gasteiger partial charge on any atom is 0.407 e. The predicted octanol–water partition coefficient (Wildman–Crippen LogP) is 5.71. The molecule has 0 atom stereocenters. The molecule has 4 rings (SSSR count). The third kappa shape index (κ3) is 7.13. The fourth-order valence-corrected chi connectivity index (χ4v) is 4.29. The van der Waals surface area contributed by atoms with E-state index in [2.05, 4.69) is 10.6 Å². The van der Waals surface area contributed by atoms with Crippen molar-refractivity contribution in [3.8, 4) is 17.4 Å². The lowest BCUT2D eigenvalue weighted by Gasteiger charge is -2.19. The van der Waals surface area contributed by atoms with Crippen molar-refractivity contribution in [3.63, 3.8) is 0 Å². The molecule has 0 saturated carbocycles. The highest BCUT2D eigenvalue weighted by atomic mass is 16.6. The number of amides is 1. The number of nitrogens with one attached hydrogen (secondary N) is 2. The summed E-state index contributed by atoms with van der Waals surface area (Å²) in [6, 6.07) is 13.5. The van der Waals surface area contributed by atoms with E-state index in [1.54, 1.807) is 25.0 Å². The van der Waals surface area contributed by atoms with Gasteiger partial charge in [0.15, 0.2) is 0 Å². The van der Waals surface area contributed by atoms with Gasteiger partial charge in [0.1, 0.15) is 34.1 Å². The lowest BCUT2D eigenvalue weighted by Crippen LogP contribution is -2.33. The van der Waals surface area contributed by atoms with Gasteiger partial charge < -0.3 is 34.5 Å². The molecule has 2 heterocycles. The minimum Gasteiger partial charge on any atom is -0.497 e. The number of rotatable bonds is 10. The number of aromatic hydroxyl groups is 1. The fraction of sp³-hybridized carbons (Fsp3) is 0.367. The van der Waals surface area contributed by atoms with Gasteiger partial charge in [0, 0.05) is 36.5 Å². The van der Waals surface area contributed by atoms with Crippen molar-refractivity contribution in [1.82, 2.24) is 19.9 Å². The molecule has 0 radical (unpaired) electrons. The molecule has 212 valence electrons. The summed E-state index contributed by atoms with van der Waals surface area (Å²) in [7, 11) is 3.20. The van der Waals surface area contributed by atoms with E-state index in [1.165, 1.54) is 0 Å². The van der Waals surface area contributed by atoms with Gasteiger partial charge in [-0.1, -0.05) is 12.1 Å². The number of hydrogen-bond donors (Lipinski definition) is 3. The van der Waals surface area contributed by atoms with Gasteiger partial charge >= 0.3 is 6.09 Å². The Hall–Kier alpha value is -4.47. The largest absolute Gasteiger partial charge is 0.497 e. The van der Waals surface area contributed by atoms with Crippen molar-refractivity contribution in [2.24, 2.45) is 0 Å². The first-order valence-corrected chi connectivity index (χ1v) is 13.2. The molecule has 0 aliphatic carbocycles. The number of anilines is 2. The molecule has 0 aliphatic rings. The van der Waals surface area contributed by atoms with E-state index in [1.807, 2.05) is 70.2 Å². The Morgan fingerprint density at radius 1 is 1.07 bits per heavy atom. The first-order valence-electron chi connectivity index (χ1n) is 13.2. The monoisotopic (exact) mass is 547 g/mol. The van der Waals surface area contributed by atoms with Crippen molar-refractivity contribution >= 4 is 28.5 Å². The van der Waals surface area contributed by atoms with E-state index in [-0.39, 0.29) is 5.88 Å². The van der Waals surface area contributed by atoms with E-state index in [0.717, 1.165) is 16.8 Å². The van der Waals surface area contributed by atoms with Crippen LogP contribution in [0.4, 0.5) is 16.3 Å². The van der Waals surface area contributed by atoms with Crippen LogP contribution >= 0.6 is 0 Å². The van der Waals surface area contributed by atoms with Crippen LogP contribution in [0.1, 0.15) is 44.1 Å². The normalized spacial score (nSPS) is 11.3. The molecule has 10 heteroatoms. The summed E-state index contributed by atoms with van der Waals surface area (Å²) < 4.78 is 17.9. The molecule has 0 unspecified atom stereocenters. The van der Waals surface area contributed by atoms with Gasteiger partial charge in [-0.05, 0) is 63.9 Å². The molecular formula is C30H37N5O5. The maximum absolute atomic E-state index is 12.0. The molecule has 0 spiro atoms. The van der Waals surface area contributed by atoms with E-state index in [0.29, 0.717) is 60.0 Å². The average Bonchev–Trinajstić information content (AvgIpc) is 3.20. The van der Waals surface area contributed by atoms with E-state index in [4.69, 9.17) is 24.2 Å². The summed E-state index contributed by atoms with van der Waals surface area (Å²) in [4.78, 5) is 21.5. The number of methoxy groups -OCH3 is 2. The molecule has 0 aliphatic heterocycles. The van der Waals surface area contributed by atoms with Crippen LogP contribution in [0.2, 0.25) is 0 Å². The molecule has 40 heavy (non-hydrogen) atoms. The molecule has 3 N–H and O–H groups in total. The standard InChI is InChI=1S/C30H37N5O5/c1-19-9-7-10-21(15-19)32-27-26-23(33-25(34-27)11-8-14-31-29(37)40-30(2,3)4)18-35(28(26)36)17-20-12-13-22(38-5)16-24(20)39-6/h7,9-10,12-13,15-16,18,36H,8,11,14,17H2,1-6H3,(H,31,37)(H,32,33,34). The molecule has 10 nitrogen and oxygen atoms in total. The Labute approximate surface area is 234 Å². The zero-order chi connectivity index (χ0) is 28.9. The Bertz CT molecular complexity index is 1490. The molecule has 4 aromatic rings. The third-order valence-corrected chi connectivity index (χ3v) is 6.12. The molecule has 0 bridgehead atoms. The lowest BCUT2D eigenvalue weighted by molar-refractivity contribution is 0.0527. The van der Waals surface area contributed by atoms with Gasteiger partial charge in [-0.15, -0.1) is 0 Å². The number of carbonyl (C=O) groups excluding carboxylic acids is 1. The second kappa shape index (κ2) is 12.1. The van der Waals surface area contributed by atoms with Crippen LogP contribution in [0, 0.1) is 6.92 Å². The van der Waals surface area contributed by atoms with Crippen LogP contribution in [0.5, 0.6) is 17.4 Å². The summed E-state index contributed by atoms with van der Waals surface area (Å²) in [6.07, 6.45) is 2.48. The van der Waals surface area contributed by atoms with Crippen LogP contribution in [0.3, 0.4) is 0 Å². The molecule has 0 saturated heterocycles. The molecule has 2 aromatic carbocycles. The van der Waals surface area contributed by atoms with Gasteiger partial charge in [-0.25, -0.2) is 14.8 Å². The van der Waals surface area contributed by atoms with E-state index < -0.39 is 11.7 Å². The summed E-state index contributed by atoms with van der Waals surface area (Å²) >= 11 is 0. The summed E-state index contributed by atoms with van der Waals surface area (Å²) in [5, 5.41) is 18.0. The highest BCUT2D eigenvalue weighted by Crippen LogP contribution is 2.35. The number of nitrogens with zero attached hydrogens (tertiary/aromatic N) is 3. The van der Waals surface area contributed by atoms with Crippen molar-refractivity contribution in [2.45, 2.75) is 52.7 Å². The summed E-state index contributed by atoms with van der Waals surface area (Å²) in [6.45, 7) is 8.26. The fourth-order valence-electron chi connectivity index (χ4n) is 4.29. The zero-order valence-corrected chi connectivity index (χ0v) is 23.9. The Balaban J connectivity index is 1.62. The number of aryl methyl sites for hydroxylation is 2. The van der Waals surface area contributed by atoms with Crippen molar-refractivity contribution in [2.75, 3.05) is 26.1 Å². The number of alkyl carbamates (subject to hydrolysis) is 1. The van der Waals surface area contributed by atoms with Crippen molar-refractivity contribution in [3.05, 3.63) is 65.6 Å². The number of aromatic nitrogens is 3. The lowest BCUT2D eigenvalue weighted by atomic mass is 10.2. The van der Waals surface area contributed by atoms with Crippen molar-refractivity contribution < 1.29 is 24.1 Å². The smallest absolute Gasteiger partial charge is 0.407 e. The zero-order valence-electron chi connectivity index (χ0n) is 23.9. The maximum atomic E-state index is 12.0. The highest BCUT2D eigenvalue weighted by molar-refractivity contribution is 5.95. The summed E-state index contributed by atoms with van der Waals surface area (Å²) in [5.74, 6) is 2.47. The highest BCUT2D eigenvalue weighted by Gasteiger charge is 2.19. The third-order valence-electron chi connectivity index (χ3n) is 6.12. The SMILES string of the molecule is COc1ccc(Cn2cc3nc(CCCNC(=O)OC(C)(C)C)nc(Nc4cccc(C)c4)c3c2O)c(OC)c1. The van der Waals surface area contributed by atoms with Crippen LogP contribution < -0.4 is 20.1 Å². The average molecular weight is 548 g/mol. The number of benzene rings is 2. The molecule has 1 amide bonds. The van der Waals surface area contributed by atoms with Gasteiger partial charge in [0.05, 0.1) is 26.3 Å². The van der Waals surface area contributed by atoms with Gasteiger partial charge in [0.25, 0.3) is 0 Å². The quantitative estimate of drug-likeness (QED) is 0.216. The Morgan fingerprint density at radius 3 is 2.58 bits per heavy atom. The van der Waals surface area contributed by atoms with E-state index >= 15 is 0 Å². The van der Waals surface area contributed by atoms with Crippen LogP contribution in [-0.2, 0) is 17.7 Å².